The van der Waals surface area contributed by atoms with E-state index in [4.69, 9.17) is 12.2 Å². The van der Waals surface area contributed by atoms with Gasteiger partial charge in [-0.15, -0.1) is 0 Å². The molecule has 1 rings (SSSR count). The molecule has 0 aromatic rings. The first-order valence-corrected chi connectivity index (χ1v) is 4.25. The Morgan fingerprint density at radius 2 is 2.46 bits per heavy atom. The van der Waals surface area contributed by atoms with Crippen LogP contribution in [0.3, 0.4) is 0 Å². The minimum atomic E-state index is -0.189. The summed E-state index contributed by atoms with van der Waals surface area (Å²) in [7, 11) is 1.53. The maximum absolute atomic E-state index is 11.3. The van der Waals surface area contributed by atoms with Gasteiger partial charge in [0.05, 0.1) is 6.42 Å². The number of amides is 2. The zero-order chi connectivity index (χ0) is 9.84. The van der Waals surface area contributed by atoms with E-state index in [-0.39, 0.29) is 24.8 Å². The molecule has 1 heterocycles. The van der Waals surface area contributed by atoms with Gasteiger partial charge in [-0.25, -0.2) is 0 Å². The lowest BCUT2D eigenvalue weighted by atomic mass is 10.2. The van der Waals surface area contributed by atoms with Crippen molar-refractivity contribution in [1.29, 1.82) is 0 Å². The van der Waals surface area contributed by atoms with E-state index in [0.717, 1.165) is 0 Å². The van der Waals surface area contributed by atoms with E-state index in [1.165, 1.54) is 11.9 Å². The number of likely N-dealkylation sites (N-methyl/N-ethyl adjacent to an activating group) is 1. The van der Waals surface area contributed by atoms with E-state index >= 15 is 0 Å². The highest BCUT2D eigenvalue weighted by Gasteiger charge is 2.18. The fourth-order valence-corrected chi connectivity index (χ4v) is 1.12. The highest BCUT2D eigenvalue weighted by molar-refractivity contribution is 7.80. The van der Waals surface area contributed by atoms with Crippen LogP contribution in [0, 0.1) is 0 Å². The average molecular weight is 198 g/mol. The molecule has 0 aromatic heterocycles. The van der Waals surface area contributed by atoms with Crippen molar-refractivity contribution >= 4 is 28.9 Å². The highest BCUT2D eigenvalue weighted by Crippen LogP contribution is 2.05. The van der Waals surface area contributed by atoms with Gasteiger partial charge in [-0.2, -0.15) is 0 Å². The lowest BCUT2D eigenvalue weighted by molar-refractivity contribution is -0.132. The smallest absolute Gasteiger partial charge is 0.239 e. The molecule has 0 saturated carbocycles. The lowest BCUT2D eigenvalue weighted by Crippen LogP contribution is -2.38. The Kier molecular flexibility index (Phi) is 3.13. The maximum Gasteiger partial charge on any atom is 0.239 e. The molecular weight excluding hydrogens is 188 g/mol. The number of hydrogen-bond donors (Lipinski definition) is 1. The second-order valence-corrected chi connectivity index (χ2v) is 3.18. The van der Waals surface area contributed by atoms with Crippen molar-refractivity contribution < 1.29 is 9.59 Å². The number of rotatable bonds is 2. The molecule has 1 N–H and O–H groups in total. The van der Waals surface area contributed by atoms with Gasteiger partial charge in [-0.3, -0.25) is 9.59 Å². The SMILES string of the molecule is CNC(=O)CN1C=CC(=S)CC1=O. The first-order valence-electron chi connectivity index (χ1n) is 3.84. The first kappa shape index (κ1) is 9.85. The molecule has 4 nitrogen and oxygen atoms in total. The Morgan fingerprint density at radius 1 is 1.77 bits per heavy atom. The molecule has 0 fully saturated rings. The largest absolute Gasteiger partial charge is 0.358 e. The normalized spacial score (nSPS) is 16.2. The van der Waals surface area contributed by atoms with Crippen LogP contribution in [-0.4, -0.2) is 35.2 Å². The molecule has 0 radical (unpaired) electrons. The summed E-state index contributed by atoms with van der Waals surface area (Å²) in [6.07, 6.45) is 3.44. The van der Waals surface area contributed by atoms with Gasteiger partial charge in [0.1, 0.15) is 6.54 Å². The van der Waals surface area contributed by atoms with Gasteiger partial charge in [0, 0.05) is 18.1 Å². The minimum Gasteiger partial charge on any atom is -0.358 e. The highest BCUT2D eigenvalue weighted by atomic mass is 32.1. The standard InChI is InChI=1S/C8H10N2O2S/c1-9-7(11)5-10-3-2-6(13)4-8(10)12/h2-3H,4-5H2,1H3,(H,9,11). The summed E-state index contributed by atoms with van der Waals surface area (Å²) in [5.41, 5.74) is 0. The second-order valence-electron chi connectivity index (χ2n) is 2.65. The van der Waals surface area contributed by atoms with Gasteiger partial charge < -0.3 is 10.2 Å². The van der Waals surface area contributed by atoms with Crippen molar-refractivity contribution in [3.63, 3.8) is 0 Å². The lowest BCUT2D eigenvalue weighted by Gasteiger charge is -2.20. The van der Waals surface area contributed by atoms with Gasteiger partial charge in [-0.05, 0) is 6.08 Å². The topological polar surface area (TPSA) is 49.4 Å². The first-order chi connectivity index (χ1) is 6.13. The summed E-state index contributed by atoms with van der Waals surface area (Å²) >= 11 is 4.84. The second kappa shape index (κ2) is 4.13. The van der Waals surface area contributed by atoms with E-state index in [9.17, 15) is 9.59 Å². The van der Waals surface area contributed by atoms with E-state index in [1.807, 2.05) is 0 Å². The van der Waals surface area contributed by atoms with Gasteiger partial charge >= 0.3 is 0 Å². The van der Waals surface area contributed by atoms with Crippen LogP contribution in [0.5, 0.6) is 0 Å². The number of nitrogens with one attached hydrogen (secondary N) is 1. The van der Waals surface area contributed by atoms with Crippen molar-refractivity contribution in [3.05, 3.63) is 12.3 Å². The molecule has 0 bridgehead atoms. The van der Waals surface area contributed by atoms with Gasteiger partial charge in [-0.1, -0.05) is 12.2 Å². The van der Waals surface area contributed by atoms with Crippen molar-refractivity contribution in [2.75, 3.05) is 13.6 Å². The van der Waals surface area contributed by atoms with Gasteiger partial charge in [0.15, 0.2) is 0 Å². The Balaban J connectivity index is 2.60. The van der Waals surface area contributed by atoms with Gasteiger partial charge in [0.2, 0.25) is 11.8 Å². The van der Waals surface area contributed by atoms with E-state index in [1.54, 1.807) is 12.3 Å². The number of nitrogens with zero attached hydrogens (tertiary/aromatic N) is 1. The Morgan fingerprint density at radius 3 is 3.00 bits per heavy atom. The van der Waals surface area contributed by atoms with Crippen LogP contribution in [-0.2, 0) is 9.59 Å². The number of hydrogen-bond acceptors (Lipinski definition) is 3. The molecule has 1 aliphatic rings. The number of thiocarbonyl (C=S) groups is 1. The van der Waals surface area contributed by atoms with Crippen molar-refractivity contribution in [1.82, 2.24) is 10.2 Å². The molecular formula is C8H10N2O2S. The average Bonchev–Trinajstić information content (AvgIpc) is 2.09. The van der Waals surface area contributed by atoms with E-state index in [0.29, 0.717) is 4.86 Å². The molecule has 2 amide bonds. The molecule has 70 valence electrons. The fourth-order valence-electron chi connectivity index (χ4n) is 0.940. The number of allylic oxidation sites excluding steroid dienone is 1. The third-order valence-electron chi connectivity index (χ3n) is 1.68. The zero-order valence-electron chi connectivity index (χ0n) is 7.24. The summed E-state index contributed by atoms with van der Waals surface area (Å²) in [6.45, 7) is 0.0639. The Bertz CT molecular complexity index is 286. The predicted octanol–water partition coefficient (Wildman–Crippen LogP) is -0.152. The molecule has 5 heteroatoms. The maximum atomic E-state index is 11.3. The molecule has 0 saturated heterocycles. The quantitative estimate of drug-likeness (QED) is 0.628. The molecule has 0 spiro atoms. The predicted molar refractivity (Wildman–Crippen MR) is 52.1 cm³/mol. The van der Waals surface area contributed by atoms with Crippen molar-refractivity contribution in [3.8, 4) is 0 Å². The van der Waals surface area contributed by atoms with Crippen LogP contribution in [0.15, 0.2) is 12.3 Å². The molecule has 0 atom stereocenters. The molecule has 0 aliphatic carbocycles. The van der Waals surface area contributed by atoms with Crippen molar-refractivity contribution in [2.45, 2.75) is 6.42 Å². The molecule has 0 aromatic carbocycles. The zero-order valence-corrected chi connectivity index (χ0v) is 8.06. The third-order valence-corrected chi connectivity index (χ3v) is 1.96. The Hall–Kier alpha value is -1.23. The van der Waals surface area contributed by atoms with E-state index < -0.39 is 0 Å². The summed E-state index contributed by atoms with van der Waals surface area (Å²) in [6, 6.07) is 0. The third kappa shape index (κ3) is 2.62. The van der Waals surface area contributed by atoms with Crippen LogP contribution >= 0.6 is 12.2 Å². The number of carbonyl (C=O) groups excluding carboxylic acids is 2. The molecule has 1 aliphatic heterocycles. The fraction of sp³-hybridized carbons (Fsp3) is 0.375. The summed E-state index contributed by atoms with van der Waals surface area (Å²) in [5.74, 6) is -0.318. The summed E-state index contributed by atoms with van der Waals surface area (Å²) < 4.78 is 0. The Labute approximate surface area is 81.6 Å². The summed E-state index contributed by atoms with van der Waals surface area (Å²) in [4.78, 5) is 24.2. The summed E-state index contributed by atoms with van der Waals surface area (Å²) in [5, 5.41) is 2.44. The number of carbonyl (C=O) groups is 2. The van der Waals surface area contributed by atoms with Crippen molar-refractivity contribution in [2.24, 2.45) is 0 Å². The molecule has 13 heavy (non-hydrogen) atoms. The molecule has 0 unspecified atom stereocenters. The van der Waals surface area contributed by atoms with Crippen LogP contribution in [0.25, 0.3) is 0 Å². The minimum absolute atomic E-state index is 0.0639. The monoisotopic (exact) mass is 198 g/mol. The van der Waals surface area contributed by atoms with Crippen LogP contribution < -0.4 is 5.32 Å². The van der Waals surface area contributed by atoms with Crippen LogP contribution in [0.4, 0.5) is 0 Å². The van der Waals surface area contributed by atoms with Crippen LogP contribution in [0.1, 0.15) is 6.42 Å². The van der Waals surface area contributed by atoms with E-state index in [2.05, 4.69) is 5.32 Å². The van der Waals surface area contributed by atoms with Crippen LogP contribution in [0.2, 0.25) is 0 Å². The van der Waals surface area contributed by atoms with Gasteiger partial charge in [0.25, 0.3) is 0 Å².